The number of hydrogen-bond donors (Lipinski definition) is 3. The summed E-state index contributed by atoms with van der Waals surface area (Å²) in [4.78, 5) is 3.52. The Morgan fingerprint density at radius 2 is 1.91 bits per heavy atom. The number of nitrogens with one attached hydrogen (secondary N) is 1. The average Bonchev–Trinajstić information content (AvgIpc) is 3.08. The van der Waals surface area contributed by atoms with Gasteiger partial charge in [-0.15, -0.1) is 0 Å². The summed E-state index contributed by atoms with van der Waals surface area (Å²) in [7, 11) is 0. The maximum Gasteiger partial charge on any atom is 0.0711 e. The fraction of sp³-hybridized carbons (Fsp3) is 0.333. The maximum atomic E-state index is 9.88. The van der Waals surface area contributed by atoms with Gasteiger partial charge in [-0.05, 0) is 24.5 Å². The highest BCUT2D eigenvalue weighted by molar-refractivity contribution is 5.91. The summed E-state index contributed by atoms with van der Waals surface area (Å²) in [5.74, 6) is 0. The first-order chi connectivity index (χ1) is 10.8. The molecule has 0 unspecified atom stereocenters. The van der Waals surface area contributed by atoms with Crippen molar-refractivity contribution in [3.63, 3.8) is 0 Å². The number of aliphatic hydroxyl groups excluding tert-OH is 2. The van der Waals surface area contributed by atoms with E-state index in [4.69, 9.17) is 0 Å². The van der Waals surface area contributed by atoms with Crippen molar-refractivity contribution in [3.05, 3.63) is 46.6 Å². The molecule has 4 rings (SSSR count). The molecule has 3 heterocycles. The molecule has 0 aliphatic carbocycles. The predicted octanol–water partition coefficient (Wildman–Crippen LogP) is 2.74. The van der Waals surface area contributed by atoms with Crippen LogP contribution in [-0.2, 0) is 32.6 Å². The summed E-state index contributed by atoms with van der Waals surface area (Å²) in [6.45, 7) is 2.94. The van der Waals surface area contributed by atoms with Crippen molar-refractivity contribution in [2.45, 2.75) is 39.5 Å². The summed E-state index contributed by atoms with van der Waals surface area (Å²) >= 11 is 0. The van der Waals surface area contributed by atoms with Crippen LogP contribution in [0.4, 0.5) is 0 Å². The summed E-state index contributed by atoms with van der Waals surface area (Å²) in [5, 5.41) is 20.9. The summed E-state index contributed by atoms with van der Waals surface area (Å²) in [6, 6.07) is 8.34. The van der Waals surface area contributed by atoms with Crippen LogP contribution in [0.25, 0.3) is 22.3 Å². The molecule has 22 heavy (non-hydrogen) atoms. The molecule has 1 aliphatic rings. The zero-order valence-electron chi connectivity index (χ0n) is 12.7. The Morgan fingerprint density at radius 3 is 2.64 bits per heavy atom. The number of rotatable bonds is 3. The molecule has 1 aliphatic heterocycles. The smallest absolute Gasteiger partial charge is 0.0711 e. The fourth-order valence-corrected chi connectivity index (χ4v) is 3.96. The number of aromatic nitrogens is 2. The van der Waals surface area contributed by atoms with E-state index in [0.29, 0.717) is 0 Å². The summed E-state index contributed by atoms with van der Waals surface area (Å²) in [6.07, 6.45) is 1.84. The second kappa shape index (κ2) is 5.00. The van der Waals surface area contributed by atoms with Crippen LogP contribution >= 0.6 is 0 Å². The molecule has 0 saturated carbocycles. The molecule has 0 atom stereocenters. The lowest BCUT2D eigenvalue weighted by Gasteiger charge is -2.19. The Bertz CT molecular complexity index is 836. The molecule has 1 aromatic carbocycles. The molecule has 114 valence electrons. The van der Waals surface area contributed by atoms with E-state index >= 15 is 0 Å². The van der Waals surface area contributed by atoms with Crippen molar-refractivity contribution in [2.75, 3.05) is 0 Å². The molecule has 0 radical (unpaired) electrons. The number of benzene rings is 1. The van der Waals surface area contributed by atoms with Gasteiger partial charge in [0.05, 0.1) is 24.6 Å². The van der Waals surface area contributed by atoms with Gasteiger partial charge in [-0.3, -0.25) is 0 Å². The molecule has 3 aromatic rings. The van der Waals surface area contributed by atoms with Crippen LogP contribution in [0.3, 0.4) is 0 Å². The highest BCUT2D eigenvalue weighted by Crippen LogP contribution is 2.40. The third kappa shape index (κ3) is 1.65. The molecule has 4 nitrogen and oxygen atoms in total. The number of nitrogens with zero attached hydrogens (tertiary/aromatic N) is 1. The number of fused-ring (bicyclic) bond motifs is 5. The van der Waals surface area contributed by atoms with E-state index in [9.17, 15) is 10.2 Å². The lowest BCUT2D eigenvalue weighted by atomic mass is 10.0. The summed E-state index contributed by atoms with van der Waals surface area (Å²) in [5.41, 5.74) is 7.52. The van der Waals surface area contributed by atoms with E-state index in [2.05, 4.69) is 34.7 Å². The molecular weight excluding hydrogens is 276 g/mol. The molecule has 0 spiro atoms. The third-order valence-electron chi connectivity index (χ3n) is 4.88. The van der Waals surface area contributed by atoms with E-state index in [1.165, 1.54) is 10.9 Å². The van der Waals surface area contributed by atoms with E-state index in [-0.39, 0.29) is 13.2 Å². The quantitative estimate of drug-likeness (QED) is 0.696. The van der Waals surface area contributed by atoms with Crippen molar-refractivity contribution in [3.8, 4) is 11.4 Å². The van der Waals surface area contributed by atoms with E-state index in [1.807, 2.05) is 6.07 Å². The minimum absolute atomic E-state index is 0.0192. The lowest BCUT2D eigenvalue weighted by molar-refractivity contribution is 0.260. The van der Waals surface area contributed by atoms with Gasteiger partial charge in [-0.25, -0.2) is 0 Å². The monoisotopic (exact) mass is 296 g/mol. The SMILES string of the molecule is CCc1c(CO)c(CO)c2n1CCc1c-2[nH]c2ccccc12. The minimum Gasteiger partial charge on any atom is -0.392 e. The normalized spacial score (nSPS) is 13.4. The van der Waals surface area contributed by atoms with Gasteiger partial charge in [0.1, 0.15) is 0 Å². The van der Waals surface area contributed by atoms with Crippen LogP contribution in [0.1, 0.15) is 29.3 Å². The van der Waals surface area contributed by atoms with Crippen LogP contribution < -0.4 is 0 Å². The third-order valence-corrected chi connectivity index (χ3v) is 4.88. The number of aromatic amines is 1. The zero-order valence-corrected chi connectivity index (χ0v) is 12.7. The van der Waals surface area contributed by atoms with Gasteiger partial charge in [0, 0.05) is 34.3 Å². The second-order valence-corrected chi connectivity index (χ2v) is 5.85. The van der Waals surface area contributed by atoms with E-state index in [0.717, 1.165) is 53.1 Å². The second-order valence-electron chi connectivity index (χ2n) is 5.85. The predicted molar refractivity (Wildman–Crippen MR) is 86.7 cm³/mol. The number of hydrogen-bond acceptors (Lipinski definition) is 2. The number of H-pyrrole nitrogens is 1. The minimum atomic E-state index is -0.0416. The first-order valence-electron chi connectivity index (χ1n) is 7.84. The zero-order chi connectivity index (χ0) is 15.3. The largest absolute Gasteiger partial charge is 0.392 e. The topological polar surface area (TPSA) is 61.2 Å². The molecule has 3 N–H and O–H groups in total. The Hall–Kier alpha value is -2.04. The Balaban J connectivity index is 2.07. The van der Waals surface area contributed by atoms with Crippen molar-refractivity contribution in [1.82, 2.24) is 9.55 Å². The van der Waals surface area contributed by atoms with Crippen LogP contribution in [0, 0.1) is 0 Å². The van der Waals surface area contributed by atoms with Crippen molar-refractivity contribution < 1.29 is 10.2 Å². The van der Waals surface area contributed by atoms with Crippen molar-refractivity contribution >= 4 is 10.9 Å². The van der Waals surface area contributed by atoms with E-state index < -0.39 is 0 Å². The average molecular weight is 296 g/mol. The highest BCUT2D eigenvalue weighted by Gasteiger charge is 2.28. The summed E-state index contributed by atoms with van der Waals surface area (Å²) < 4.78 is 2.27. The molecule has 4 heteroatoms. The standard InChI is InChI=1S/C18H20N2O2/c1-2-16-13(9-21)14(10-22)18-17-12(7-8-20(16)18)11-5-3-4-6-15(11)19-17/h3-6,19,21-22H,2,7-10H2,1H3. The highest BCUT2D eigenvalue weighted by atomic mass is 16.3. The molecular formula is C18H20N2O2. The van der Waals surface area contributed by atoms with Gasteiger partial charge in [-0.2, -0.15) is 0 Å². The Labute approximate surface area is 129 Å². The number of aliphatic hydroxyl groups is 2. The van der Waals surface area contributed by atoms with Crippen LogP contribution in [0.2, 0.25) is 0 Å². The van der Waals surface area contributed by atoms with Crippen LogP contribution in [-0.4, -0.2) is 19.8 Å². The van der Waals surface area contributed by atoms with Gasteiger partial charge in [0.25, 0.3) is 0 Å². The number of aryl methyl sites for hydroxylation is 1. The first kappa shape index (κ1) is 13.6. The van der Waals surface area contributed by atoms with Gasteiger partial charge in [0.15, 0.2) is 0 Å². The molecule has 2 aromatic heterocycles. The maximum absolute atomic E-state index is 9.88. The molecule has 0 saturated heterocycles. The van der Waals surface area contributed by atoms with Gasteiger partial charge >= 0.3 is 0 Å². The molecule has 0 amide bonds. The Morgan fingerprint density at radius 1 is 1.14 bits per heavy atom. The van der Waals surface area contributed by atoms with Crippen molar-refractivity contribution in [1.29, 1.82) is 0 Å². The Kier molecular flexibility index (Phi) is 3.10. The first-order valence-corrected chi connectivity index (χ1v) is 7.84. The molecule has 0 fully saturated rings. The van der Waals surface area contributed by atoms with Crippen LogP contribution in [0.5, 0.6) is 0 Å². The van der Waals surface area contributed by atoms with Crippen LogP contribution in [0.15, 0.2) is 24.3 Å². The van der Waals surface area contributed by atoms with Gasteiger partial charge < -0.3 is 19.8 Å². The number of para-hydroxylation sites is 1. The lowest BCUT2D eigenvalue weighted by Crippen LogP contribution is -2.13. The van der Waals surface area contributed by atoms with Gasteiger partial charge in [0.2, 0.25) is 0 Å². The van der Waals surface area contributed by atoms with E-state index in [1.54, 1.807) is 0 Å². The molecule has 0 bridgehead atoms. The fourth-order valence-electron chi connectivity index (χ4n) is 3.96. The van der Waals surface area contributed by atoms with Crippen molar-refractivity contribution in [2.24, 2.45) is 0 Å². The van der Waals surface area contributed by atoms with Gasteiger partial charge in [-0.1, -0.05) is 25.1 Å².